The van der Waals surface area contributed by atoms with Crippen molar-refractivity contribution in [2.75, 3.05) is 26.7 Å². The summed E-state index contributed by atoms with van der Waals surface area (Å²) in [5.74, 6) is -0.0393. The fourth-order valence-corrected chi connectivity index (χ4v) is 1.79. The SMILES string of the molecule is CNC(=O)CON=C1CCN(C(=O)C(C)(C)C)CC1. The number of amides is 2. The highest BCUT2D eigenvalue weighted by molar-refractivity contribution is 5.88. The summed E-state index contributed by atoms with van der Waals surface area (Å²) in [7, 11) is 1.55. The summed E-state index contributed by atoms with van der Waals surface area (Å²) in [6.45, 7) is 7.03. The quantitative estimate of drug-likeness (QED) is 0.769. The third-order valence-corrected chi connectivity index (χ3v) is 2.94. The van der Waals surface area contributed by atoms with Crippen molar-refractivity contribution < 1.29 is 14.4 Å². The van der Waals surface area contributed by atoms with Gasteiger partial charge in [-0.3, -0.25) is 9.59 Å². The van der Waals surface area contributed by atoms with E-state index in [0.29, 0.717) is 25.9 Å². The van der Waals surface area contributed by atoms with E-state index in [4.69, 9.17) is 4.84 Å². The molecule has 108 valence electrons. The molecule has 19 heavy (non-hydrogen) atoms. The fraction of sp³-hybridized carbons (Fsp3) is 0.769. The molecule has 0 aromatic carbocycles. The molecule has 1 saturated heterocycles. The lowest BCUT2D eigenvalue weighted by molar-refractivity contribution is -0.139. The lowest BCUT2D eigenvalue weighted by atomic mass is 9.93. The number of rotatable bonds is 3. The molecule has 6 nitrogen and oxygen atoms in total. The van der Waals surface area contributed by atoms with Crippen molar-refractivity contribution in [3.8, 4) is 0 Å². The number of carbonyl (C=O) groups is 2. The van der Waals surface area contributed by atoms with Crippen LogP contribution in [0, 0.1) is 5.41 Å². The zero-order chi connectivity index (χ0) is 14.5. The number of likely N-dealkylation sites (N-methyl/N-ethyl adjacent to an activating group) is 1. The number of hydrogen-bond donors (Lipinski definition) is 1. The van der Waals surface area contributed by atoms with Gasteiger partial charge in [-0.15, -0.1) is 0 Å². The summed E-state index contributed by atoms with van der Waals surface area (Å²) in [6.07, 6.45) is 1.41. The van der Waals surface area contributed by atoms with Gasteiger partial charge >= 0.3 is 0 Å². The summed E-state index contributed by atoms with van der Waals surface area (Å²) in [6, 6.07) is 0. The number of piperidine rings is 1. The number of oxime groups is 1. The minimum Gasteiger partial charge on any atom is -0.386 e. The predicted molar refractivity (Wildman–Crippen MR) is 72.7 cm³/mol. The monoisotopic (exact) mass is 269 g/mol. The molecular formula is C13H23N3O3. The van der Waals surface area contributed by atoms with Crippen molar-refractivity contribution in [1.29, 1.82) is 0 Å². The predicted octanol–water partition coefficient (Wildman–Crippen LogP) is 0.773. The van der Waals surface area contributed by atoms with Crippen LogP contribution in [0.1, 0.15) is 33.6 Å². The van der Waals surface area contributed by atoms with E-state index >= 15 is 0 Å². The maximum Gasteiger partial charge on any atom is 0.260 e. The molecular weight excluding hydrogens is 246 g/mol. The lowest BCUT2D eigenvalue weighted by Gasteiger charge is -2.32. The zero-order valence-electron chi connectivity index (χ0n) is 12.2. The van der Waals surface area contributed by atoms with Gasteiger partial charge in [-0.25, -0.2) is 0 Å². The van der Waals surface area contributed by atoms with Crippen LogP contribution in [0.4, 0.5) is 0 Å². The van der Waals surface area contributed by atoms with Gasteiger partial charge < -0.3 is 15.1 Å². The van der Waals surface area contributed by atoms with Crippen LogP contribution >= 0.6 is 0 Å². The molecule has 0 aromatic heterocycles. The van der Waals surface area contributed by atoms with Crippen molar-refractivity contribution in [2.24, 2.45) is 10.6 Å². The maximum atomic E-state index is 12.1. The Morgan fingerprint density at radius 1 is 1.32 bits per heavy atom. The van der Waals surface area contributed by atoms with Crippen molar-refractivity contribution in [3.05, 3.63) is 0 Å². The molecule has 0 atom stereocenters. The molecule has 0 unspecified atom stereocenters. The maximum absolute atomic E-state index is 12.1. The van der Waals surface area contributed by atoms with Gasteiger partial charge in [0.1, 0.15) is 0 Å². The topological polar surface area (TPSA) is 71.0 Å². The van der Waals surface area contributed by atoms with E-state index in [1.807, 2.05) is 25.7 Å². The Morgan fingerprint density at radius 2 is 1.89 bits per heavy atom. The van der Waals surface area contributed by atoms with Crippen LogP contribution in [0.3, 0.4) is 0 Å². The van der Waals surface area contributed by atoms with Gasteiger partial charge in [-0.1, -0.05) is 25.9 Å². The second-order valence-electron chi connectivity index (χ2n) is 5.65. The second kappa shape index (κ2) is 6.54. The van der Waals surface area contributed by atoms with Gasteiger partial charge in [0.25, 0.3) is 5.91 Å². The van der Waals surface area contributed by atoms with Crippen LogP contribution in [0.15, 0.2) is 5.16 Å². The van der Waals surface area contributed by atoms with Gasteiger partial charge in [0.2, 0.25) is 5.91 Å². The average molecular weight is 269 g/mol. The Balaban J connectivity index is 2.39. The smallest absolute Gasteiger partial charge is 0.260 e. The number of nitrogens with zero attached hydrogens (tertiary/aromatic N) is 2. The highest BCUT2D eigenvalue weighted by atomic mass is 16.6. The zero-order valence-corrected chi connectivity index (χ0v) is 12.2. The van der Waals surface area contributed by atoms with Gasteiger partial charge in [0.15, 0.2) is 6.61 Å². The molecule has 1 N–H and O–H groups in total. The molecule has 0 aromatic rings. The summed E-state index contributed by atoms with van der Waals surface area (Å²) in [5.41, 5.74) is 0.562. The Labute approximate surface area is 114 Å². The molecule has 1 aliphatic rings. The Morgan fingerprint density at radius 3 is 2.37 bits per heavy atom. The van der Waals surface area contributed by atoms with Crippen LogP contribution in [0.2, 0.25) is 0 Å². The van der Waals surface area contributed by atoms with Crippen molar-refractivity contribution in [3.63, 3.8) is 0 Å². The standard InChI is InChI=1S/C13H23N3O3/c1-13(2,3)12(18)16-7-5-10(6-8-16)15-19-9-11(17)14-4/h5-9H2,1-4H3,(H,14,17). The minimum absolute atomic E-state index is 0.0648. The summed E-state index contributed by atoms with van der Waals surface area (Å²) >= 11 is 0. The van der Waals surface area contributed by atoms with Crippen LogP contribution in [0.25, 0.3) is 0 Å². The Bertz CT molecular complexity index is 362. The normalized spacial score (nSPS) is 16.0. The molecule has 0 radical (unpaired) electrons. The number of carbonyl (C=O) groups excluding carboxylic acids is 2. The molecule has 1 rings (SSSR count). The van der Waals surface area contributed by atoms with Gasteiger partial charge in [-0.05, 0) is 0 Å². The summed E-state index contributed by atoms with van der Waals surface area (Å²) < 4.78 is 0. The molecule has 2 amide bonds. The highest BCUT2D eigenvalue weighted by Crippen LogP contribution is 2.20. The average Bonchev–Trinajstić information content (AvgIpc) is 2.37. The third kappa shape index (κ3) is 4.89. The van der Waals surface area contributed by atoms with E-state index in [1.54, 1.807) is 7.05 Å². The Kier molecular flexibility index (Phi) is 5.32. The van der Waals surface area contributed by atoms with Gasteiger partial charge in [-0.2, -0.15) is 0 Å². The molecule has 0 aliphatic carbocycles. The molecule has 1 aliphatic heterocycles. The first-order valence-electron chi connectivity index (χ1n) is 6.52. The van der Waals surface area contributed by atoms with Crippen molar-refractivity contribution in [2.45, 2.75) is 33.6 Å². The van der Waals surface area contributed by atoms with E-state index < -0.39 is 0 Å². The number of hydrogen-bond acceptors (Lipinski definition) is 4. The van der Waals surface area contributed by atoms with E-state index in [2.05, 4.69) is 10.5 Å². The molecule has 1 heterocycles. The second-order valence-corrected chi connectivity index (χ2v) is 5.65. The van der Waals surface area contributed by atoms with Crippen molar-refractivity contribution >= 4 is 17.5 Å². The Hall–Kier alpha value is -1.59. The van der Waals surface area contributed by atoms with Gasteiger partial charge in [0, 0.05) is 38.4 Å². The first-order valence-corrected chi connectivity index (χ1v) is 6.52. The van der Waals surface area contributed by atoms with Crippen LogP contribution in [-0.4, -0.2) is 49.2 Å². The van der Waals surface area contributed by atoms with Gasteiger partial charge in [0.05, 0.1) is 5.71 Å². The minimum atomic E-state index is -0.343. The number of likely N-dealkylation sites (tertiary alicyclic amines) is 1. The van der Waals surface area contributed by atoms with E-state index in [9.17, 15) is 9.59 Å². The lowest BCUT2D eigenvalue weighted by Crippen LogP contribution is -2.44. The third-order valence-electron chi connectivity index (χ3n) is 2.94. The molecule has 0 bridgehead atoms. The largest absolute Gasteiger partial charge is 0.386 e. The van der Waals surface area contributed by atoms with E-state index in [-0.39, 0.29) is 23.8 Å². The molecule has 6 heteroatoms. The number of nitrogens with one attached hydrogen (secondary N) is 1. The summed E-state index contributed by atoms with van der Waals surface area (Å²) in [5, 5.41) is 6.40. The van der Waals surface area contributed by atoms with Crippen LogP contribution in [-0.2, 0) is 14.4 Å². The van der Waals surface area contributed by atoms with Crippen LogP contribution in [0.5, 0.6) is 0 Å². The fourth-order valence-electron chi connectivity index (χ4n) is 1.79. The highest BCUT2D eigenvalue weighted by Gasteiger charge is 2.29. The van der Waals surface area contributed by atoms with E-state index in [1.165, 1.54) is 0 Å². The van der Waals surface area contributed by atoms with Crippen LogP contribution < -0.4 is 5.32 Å². The molecule has 1 fully saturated rings. The first-order chi connectivity index (χ1) is 8.84. The van der Waals surface area contributed by atoms with E-state index in [0.717, 1.165) is 5.71 Å². The molecule has 0 spiro atoms. The summed E-state index contributed by atoms with van der Waals surface area (Å²) in [4.78, 5) is 29.8. The first kappa shape index (κ1) is 15.5. The van der Waals surface area contributed by atoms with Crippen molar-refractivity contribution in [1.82, 2.24) is 10.2 Å². The molecule has 0 saturated carbocycles.